The molecular formula is C18H20O5. The number of esters is 2. The van der Waals surface area contributed by atoms with Gasteiger partial charge < -0.3 is 13.9 Å². The summed E-state index contributed by atoms with van der Waals surface area (Å²) < 4.78 is 15.4. The second-order valence-corrected chi connectivity index (χ2v) is 6.22. The molecule has 122 valence electrons. The number of furan rings is 1. The largest absolute Gasteiger partial charge is 0.461 e. The summed E-state index contributed by atoms with van der Waals surface area (Å²) in [6, 6.07) is 10.6. The van der Waals surface area contributed by atoms with Crippen molar-refractivity contribution in [2.24, 2.45) is 5.41 Å². The van der Waals surface area contributed by atoms with Gasteiger partial charge in [0.2, 0.25) is 6.79 Å². The third-order valence-electron chi connectivity index (χ3n) is 3.14. The highest BCUT2D eigenvalue weighted by molar-refractivity contribution is 5.90. The number of benzene rings is 1. The van der Waals surface area contributed by atoms with Crippen LogP contribution < -0.4 is 0 Å². The minimum atomic E-state index is -0.630. The summed E-state index contributed by atoms with van der Waals surface area (Å²) in [4.78, 5) is 23.5. The van der Waals surface area contributed by atoms with E-state index in [0.717, 1.165) is 17.1 Å². The molecule has 0 aliphatic rings. The lowest BCUT2D eigenvalue weighted by molar-refractivity contribution is -0.161. The van der Waals surface area contributed by atoms with Gasteiger partial charge in [0.25, 0.3) is 0 Å². The zero-order chi connectivity index (χ0) is 17.0. The van der Waals surface area contributed by atoms with E-state index in [0.29, 0.717) is 5.56 Å². The first-order valence-electron chi connectivity index (χ1n) is 7.28. The lowest BCUT2D eigenvalue weighted by atomic mass is 9.98. The number of rotatable bonds is 4. The summed E-state index contributed by atoms with van der Waals surface area (Å²) in [6.45, 7) is 6.66. The van der Waals surface area contributed by atoms with Crippen molar-refractivity contribution < 1.29 is 23.5 Å². The molecule has 0 saturated heterocycles. The number of hydrogen-bond acceptors (Lipinski definition) is 5. The molecule has 2 aromatic rings. The summed E-state index contributed by atoms with van der Waals surface area (Å²) in [5, 5.41) is 0. The Kier molecular flexibility index (Phi) is 4.89. The highest BCUT2D eigenvalue weighted by Crippen LogP contribution is 2.22. The SMILES string of the molecule is Cc1ccc(-c2ccc(C(=O)OCOC(=O)C(C)(C)C)cc2)o1. The number of carbonyl (C=O) groups excluding carboxylic acids is 2. The molecule has 0 N–H and O–H groups in total. The monoisotopic (exact) mass is 316 g/mol. The van der Waals surface area contributed by atoms with Crippen LogP contribution in [0.5, 0.6) is 0 Å². The molecule has 0 saturated carbocycles. The van der Waals surface area contributed by atoms with E-state index in [1.807, 2.05) is 19.1 Å². The Morgan fingerprint density at radius 3 is 2.17 bits per heavy atom. The first-order valence-corrected chi connectivity index (χ1v) is 7.28. The van der Waals surface area contributed by atoms with Gasteiger partial charge in [0, 0.05) is 5.56 Å². The predicted molar refractivity (Wildman–Crippen MR) is 84.7 cm³/mol. The van der Waals surface area contributed by atoms with Gasteiger partial charge in [0.1, 0.15) is 11.5 Å². The quantitative estimate of drug-likeness (QED) is 0.631. The summed E-state index contributed by atoms with van der Waals surface area (Å²) in [7, 11) is 0. The maximum atomic E-state index is 11.9. The van der Waals surface area contributed by atoms with Crippen LogP contribution in [0.3, 0.4) is 0 Å². The van der Waals surface area contributed by atoms with Crippen LogP contribution >= 0.6 is 0 Å². The van der Waals surface area contributed by atoms with Crippen molar-refractivity contribution in [3.8, 4) is 11.3 Å². The van der Waals surface area contributed by atoms with Crippen molar-refractivity contribution in [3.05, 3.63) is 47.7 Å². The van der Waals surface area contributed by atoms with Crippen molar-refractivity contribution in [1.82, 2.24) is 0 Å². The number of carbonyl (C=O) groups is 2. The van der Waals surface area contributed by atoms with E-state index in [2.05, 4.69) is 0 Å². The average molecular weight is 316 g/mol. The number of ether oxygens (including phenoxy) is 2. The van der Waals surface area contributed by atoms with E-state index in [4.69, 9.17) is 13.9 Å². The molecule has 2 rings (SSSR count). The molecule has 1 heterocycles. The Balaban J connectivity index is 1.92. The van der Waals surface area contributed by atoms with Gasteiger partial charge in [-0.3, -0.25) is 4.79 Å². The van der Waals surface area contributed by atoms with Crippen LogP contribution in [0.4, 0.5) is 0 Å². The summed E-state index contributed by atoms with van der Waals surface area (Å²) in [6.07, 6.45) is 0. The van der Waals surface area contributed by atoms with Gasteiger partial charge in [-0.15, -0.1) is 0 Å². The van der Waals surface area contributed by atoms with Crippen molar-refractivity contribution >= 4 is 11.9 Å². The Labute approximate surface area is 135 Å². The lowest BCUT2D eigenvalue weighted by Gasteiger charge is -2.16. The molecule has 0 aliphatic carbocycles. The van der Waals surface area contributed by atoms with Gasteiger partial charge in [0.15, 0.2) is 0 Å². The highest BCUT2D eigenvalue weighted by Gasteiger charge is 2.23. The Morgan fingerprint density at radius 2 is 1.65 bits per heavy atom. The van der Waals surface area contributed by atoms with E-state index in [1.54, 1.807) is 45.0 Å². The third kappa shape index (κ3) is 4.45. The van der Waals surface area contributed by atoms with E-state index in [9.17, 15) is 9.59 Å². The fourth-order valence-corrected chi connectivity index (χ4v) is 1.80. The highest BCUT2D eigenvalue weighted by atomic mass is 16.7. The third-order valence-corrected chi connectivity index (χ3v) is 3.14. The Morgan fingerprint density at radius 1 is 1.00 bits per heavy atom. The molecular weight excluding hydrogens is 296 g/mol. The van der Waals surface area contributed by atoms with E-state index in [1.165, 1.54) is 0 Å². The average Bonchev–Trinajstić information content (AvgIpc) is 2.93. The van der Waals surface area contributed by atoms with Crippen molar-refractivity contribution in [2.75, 3.05) is 6.79 Å². The molecule has 23 heavy (non-hydrogen) atoms. The van der Waals surface area contributed by atoms with Gasteiger partial charge in [-0.1, -0.05) is 12.1 Å². The molecule has 0 aliphatic heterocycles. The first kappa shape index (κ1) is 16.8. The summed E-state index contributed by atoms with van der Waals surface area (Å²) in [5.41, 5.74) is 0.618. The molecule has 0 bridgehead atoms. The fraction of sp³-hybridized carbons (Fsp3) is 0.333. The van der Waals surface area contributed by atoms with E-state index < -0.39 is 24.1 Å². The van der Waals surface area contributed by atoms with Crippen LogP contribution in [-0.4, -0.2) is 18.7 Å². The molecule has 0 unspecified atom stereocenters. The van der Waals surface area contributed by atoms with Gasteiger partial charge in [-0.2, -0.15) is 0 Å². The van der Waals surface area contributed by atoms with Gasteiger partial charge in [-0.25, -0.2) is 4.79 Å². The number of hydrogen-bond donors (Lipinski definition) is 0. The maximum Gasteiger partial charge on any atom is 0.340 e. The zero-order valence-electron chi connectivity index (χ0n) is 13.7. The minimum absolute atomic E-state index is 0.379. The van der Waals surface area contributed by atoms with Crippen LogP contribution in [0.25, 0.3) is 11.3 Å². The molecule has 1 aromatic heterocycles. The number of aryl methyl sites for hydroxylation is 1. The van der Waals surface area contributed by atoms with Crippen LogP contribution in [0.2, 0.25) is 0 Å². The van der Waals surface area contributed by atoms with Crippen LogP contribution in [0.1, 0.15) is 36.9 Å². The van der Waals surface area contributed by atoms with Crippen molar-refractivity contribution in [2.45, 2.75) is 27.7 Å². The van der Waals surface area contributed by atoms with Crippen molar-refractivity contribution in [3.63, 3.8) is 0 Å². The fourth-order valence-electron chi connectivity index (χ4n) is 1.80. The van der Waals surface area contributed by atoms with Gasteiger partial charge >= 0.3 is 11.9 Å². The minimum Gasteiger partial charge on any atom is -0.461 e. The van der Waals surface area contributed by atoms with Gasteiger partial charge in [-0.05, 0) is 52.0 Å². The smallest absolute Gasteiger partial charge is 0.340 e. The standard InChI is InChI=1S/C18H20O5/c1-12-5-10-15(23-12)13-6-8-14(9-7-13)16(19)21-11-22-17(20)18(2,3)4/h5-10H,11H2,1-4H3. The molecule has 5 heteroatoms. The van der Waals surface area contributed by atoms with E-state index in [-0.39, 0.29) is 0 Å². The zero-order valence-corrected chi connectivity index (χ0v) is 13.7. The second kappa shape index (κ2) is 6.69. The lowest BCUT2D eigenvalue weighted by Crippen LogP contribution is -2.24. The van der Waals surface area contributed by atoms with Crippen molar-refractivity contribution in [1.29, 1.82) is 0 Å². The molecule has 0 fully saturated rings. The van der Waals surface area contributed by atoms with Crippen LogP contribution in [0, 0.1) is 12.3 Å². The normalized spacial score (nSPS) is 11.1. The molecule has 0 spiro atoms. The molecule has 0 atom stereocenters. The predicted octanol–water partition coefficient (Wildman–Crippen LogP) is 3.96. The first-order chi connectivity index (χ1) is 10.8. The van der Waals surface area contributed by atoms with E-state index >= 15 is 0 Å². The molecule has 1 aromatic carbocycles. The summed E-state index contributed by atoms with van der Waals surface area (Å²) >= 11 is 0. The Bertz CT molecular complexity index is 689. The van der Waals surface area contributed by atoms with Crippen LogP contribution in [0.15, 0.2) is 40.8 Å². The van der Waals surface area contributed by atoms with Crippen LogP contribution in [-0.2, 0) is 14.3 Å². The summed E-state index contributed by atoms with van der Waals surface area (Å²) in [5.74, 6) is 0.591. The molecule has 0 amide bonds. The topological polar surface area (TPSA) is 65.7 Å². The molecule has 0 radical (unpaired) electrons. The second-order valence-electron chi connectivity index (χ2n) is 6.22. The Hall–Kier alpha value is -2.56. The maximum absolute atomic E-state index is 11.9. The molecule has 5 nitrogen and oxygen atoms in total. The van der Waals surface area contributed by atoms with Gasteiger partial charge in [0.05, 0.1) is 11.0 Å².